The van der Waals surface area contributed by atoms with E-state index in [0.29, 0.717) is 0 Å². The van der Waals surface area contributed by atoms with Gasteiger partial charge in [0.25, 0.3) is 0 Å². The zero-order valence-electron chi connectivity index (χ0n) is 18.9. The molecule has 5 rings (SSSR count). The maximum Gasteiger partial charge on any atom is 0.141 e. The molecular weight excluding hydrogens is 424 g/mol. The first-order valence-electron chi connectivity index (χ1n) is 11.2. The van der Waals surface area contributed by atoms with Crippen molar-refractivity contribution in [2.24, 2.45) is 0 Å². The summed E-state index contributed by atoms with van der Waals surface area (Å²) in [7, 11) is 0. The van der Waals surface area contributed by atoms with Gasteiger partial charge in [-0.2, -0.15) is 0 Å². The second-order valence-corrected chi connectivity index (χ2v) is 9.18. The van der Waals surface area contributed by atoms with Gasteiger partial charge < -0.3 is 4.90 Å². The molecule has 4 nitrogen and oxygen atoms in total. The summed E-state index contributed by atoms with van der Waals surface area (Å²) in [5.41, 5.74) is 7.33. The summed E-state index contributed by atoms with van der Waals surface area (Å²) < 4.78 is 0. The summed E-state index contributed by atoms with van der Waals surface area (Å²) >= 11 is 1.68. The maximum absolute atomic E-state index is 4.82. The zero-order valence-corrected chi connectivity index (χ0v) is 19.7. The lowest BCUT2D eigenvalue weighted by Gasteiger charge is -2.25. The van der Waals surface area contributed by atoms with E-state index in [4.69, 9.17) is 4.98 Å². The largest absolute Gasteiger partial charge is 0.351 e. The van der Waals surface area contributed by atoms with E-state index in [0.717, 1.165) is 41.2 Å². The molecule has 0 atom stereocenters. The molecule has 0 aliphatic heterocycles. The van der Waals surface area contributed by atoms with Crippen molar-refractivity contribution in [3.8, 4) is 11.1 Å². The first kappa shape index (κ1) is 21.3. The highest BCUT2D eigenvalue weighted by Gasteiger charge is 2.19. The highest BCUT2D eigenvalue weighted by molar-refractivity contribution is 7.17. The highest BCUT2D eigenvalue weighted by atomic mass is 32.1. The van der Waals surface area contributed by atoms with Crippen molar-refractivity contribution in [1.82, 2.24) is 15.0 Å². The third kappa shape index (κ3) is 4.64. The third-order valence-corrected chi connectivity index (χ3v) is 6.79. The molecule has 0 unspecified atom stereocenters. The Hall–Kier alpha value is -3.57. The van der Waals surface area contributed by atoms with Crippen molar-refractivity contribution in [1.29, 1.82) is 0 Å². The quantitative estimate of drug-likeness (QED) is 0.279. The molecule has 0 N–H and O–H groups in total. The van der Waals surface area contributed by atoms with Gasteiger partial charge in [-0.25, -0.2) is 9.97 Å². The Balaban J connectivity index is 1.59. The number of benzene rings is 2. The summed E-state index contributed by atoms with van der Waals surface area (Å²) in [6, 6.07) is 23.3. The molecule has 0 radical (unpaired) electrons. The minimum absolute atomic E-state index is 0.780. The number of nitrogens with zero attached hydrogens (tertiary/aromatic N) is 4. The Labute approximate surface area is 198 Å². The molecule has 3 aromatic heterocycles. The summed E-state index contributed by atoms with van der Waals surface area (Å²) in [6.45, 7) is 5.91. The van der Waals surface area contributed by atoms with Crippen LogP contribution in [0.4, 0.5) is 5.82 Å². The monoisotopic (exact) mass is 450 g/mol. The third-order valence-electron chi connectivity index (χ3n) is 5.90. The molecule has 0 amide bonds. The van der Waals surface area contributed by atoms with Crippen LogP contribution in [0.15, 0.2) is 84.6 Å². The number of fused-ring (bicyclic) bond motifs is 1. The molecule has 0 saturated carbocycles. The van der Waals surface area contributed by atoms with Crippen LogP contribution in [0, 0.1) is 13.8 Å². The molecule has 164 valence electrons. The number of pyridine rings is 1. The van der Waals surface area contributed by atoms with E-state index >= 15 is 0 Å². The molecule has 0 fully saturated rings. The number of aromatic nitrogens is 3. The van der Waals surface area contributed by atoms with E-state index in [-0.39, 0.29) is 0 Å². The molecule has 5 aromatic rings. The standard InChI is InChI=1S/C28H26N4S/c1-20-11-12-24(21(2)16-20)25-18-33-28-26(25)27(30-19-31-28)32(17-22-8-4-3-5-9-22)15-13-23-10-6-7-14-29-23/h3-12,14,16,18-19H,13,15,17H2,1-2H3. The Morgan fingerprint density at radius 2 is 1.70 bits per heavy atom. The maximum atomic E-state index is 4.82. The van der Waals surface area contributed by atoms with E-state index in [1.54, 1.807) is 17.7 Å². The van der Waals surface area contributed by atoms with Crippen LogP contribution in [0.5, 0.6) is 0 Å². The number of hydrogen-bond donors (Lipinski definition) is 0. The second kappa shape index (κ2) is 9.51. The van der Waals surface area contributed by atoms with Gasteiger partial charge in [0.1, 0.15) is 17.0 Å². The van der Waals surface area contributed by atoms with Crippen LogP contribution in [-0.4, -0.2) is 21.5 Å². The summed E-state index contributed by atoms with van der Waals surface area (Å²) in [5, 5.41) is 3.35. The van der Waals surface area contributed by atoms with Crippen molar-refractivity contribution in [2.75, 3.05) is 11.4 Å². The van der Waals surface area contributed by atoms with Crippen LogP contribution in [-0.2, 0) is 13.0 Å². The lowest BCUT2D eigenvalue weighted by molar-refractivity contribution is 0.761. The fourth-order valence-corrected chi connectivity index (χ4v) is 5.17. The van der Waals surface area contributed by atoms with Gasteiger partial charge in [-0.15, -0.1) is 11.3 Å². The molecule has 33 heavy (non-hydrogen) atoms. The van der Waals surface area contributed by atoms with Crippen molar-refractivity contribution in [3.63, 3.8) is 0 Å². The van der Waals surface area contributed by atoms with Crippen LogP contribution < -0.4 is 4.90 Å². The summed E-state index contributed by atoms with van der Waals surface area (Å²) in [6.07, 6.45) is 4.40. The van der Waals surface area contributed by atoms with Gasteiger partial charge in [0, 0.05) is 42.3 Å². The predicted molar refractivity (Wildman–Crippen MR) is 138 cm³/mol. The summed E-state index contributed by atoms with van der Waals surface area (Å²) in [5.74, 6) is 0.982. The highest BCUT2D eigenvalue weighted by Crippen LogP contribution is 2.39. The minimum Gasteiger partial charge on any atom is -0.351 e. The van der Waals surface area contributed by atoms with E-state index in [2.05, 4.69) is 88.7 Å². The molecular formula is C28H26N4S. The number of rotatable bonds is 7. The van der Waals surface area contributed by atoms with Crippen molar-refractivity contribution in [3.05, 3.63) is 107 Å². The SMILES string of the molecule is Cc1ccc(-c2csc3ncnc(N(CCc4ccccn4)Cc4ccccc4)c23)c(C)c1. The molecule has 0 spiro atoms. The average Bonchev–Trinajstić information content (AvgIpc) is 3.27. The van der Waals surface area contributed by atoms with Crippen LogP contribution in [0.1, 0.15) is 22.4 Å². The van der Waals surface area contributed by atoms with Gasteiger partial charge in [-0.3, -0.25) is 4.98 Å². The smallest absolute Gasteiger partial charge is 0.141 e. The molecule has 0 aliphatic carbocycles. The Morgan fingerprint density at radius 3 is 2.48 bits per heavy atom. The van der Waals surface area contributed by atoms with Crippen molar-refractivity contribution in [2.45, 2.75) is 26.8 Å². The van der Waals surface area contributed by atoms with Gasteiger partial charge >= 0.3 is 0 Å². The predicted octanol–water partition coefficient (Wildman–Crippen LogP) is 6.62. The van der Waals surface area contributed by atoms with Gasteiger partial charge in [-0.1, -0.05) is 60.2 Å². The Kier molecular flexibility index (Phi) is 6.13. The van der Waals surface area contributed by atoms with Crippen LogP contribution >= 0.6 is 11.3 Å². The number of thiophene rings is 1. The normalized spacial score (nSPS) is 11.1. The lowest BCUT2D eigenvalue weighted by Crippen LogP contribution is -2.26. The number of aryl methyl sites for hydroxylation is 2. The van der Waals surface area contributed by atoms with E-state index in [1.807, 2.05) is 18.3 Å². The molecule has 2 aromatic carbocycles. The van der Waals surface area contributed by atoms with Crippen LogP contribution in [0.3, 0.4) is 0 Å². The van der Waals surface area contributed by atoms with E-state index < -0.39 is 0 Å². The van der Waals surface area contributed by atoms with Crippen molar-refractivity contribution < 1.29 is 0 Å². The fourth-order valence-electron chi connectivity index (χ4n) is 4.27. The van der Waals surface area contributed by atoms with Gasteiger partial charge in [0.15, 0.2) is 0 Å². The first-order valence-corrected chi connectivity index (χ1v) is 12.1. The van der Waals surface area contributed by atoms with E-state index in [9.17, 15) is 0 Å². The molecule has 0 bridgehead atoms. The fraction of sp³-hybridized carbons (Fsp3) is 0.179. The molecule has 0 saturated heterocycles. The minimum atomic E-state index is 0.780. The average molecular weight is 451 g/mol. The zero-order chi connectivity index (χ0) is 22.6. The van der Waals surface area contributed by atoms with Crippen molar-refractivity contribution >= 4 is 27.4 Å². The van der Waals surface area contributed by atoms with Gasteiger partial charge in [0.2, 0.25) is 0 Å². The topological polar surface area (TPSA) is 41.9 Å². The molecule has 0 aliphatic rings. The second-order valence-electron chi connectivity index (χ2n) is 8.32. The van der Waals surface area contributed by atoms with Crippen LogP contribution in [0.2, 0.25) is 0 Å². The Morgan fingerprint density at radius 1 is 0.848 bits per heavy atom. The van der Waals surface area contributed by atoms with E-state index in [1.165, 1.54) is 27.8 Å². The summed E-state index contributed by atoms with van der Waals surface area (Å²) in [4.78, 5) is 17.4. The Bertz CT molecular complexity index is 1360. The molecule has 3 heterocycles. The van der Waals surface area contributed by atoms with Gasteiger partial charge in [-0.05, 0) is 42.7 Å². The van der Waals surface area contributed by atoms with Crippen LogP contribution in [0.25, 0.3) is 21.3 Å². The lowest BCUT2D eigenvalue weighted by atomic mass is 9.99. The number of anilines is 1. The number of hydrogen-bond acceptors (Lipinski definition) is 5. The molecule has 5 heteroatoms. The first-order chi connectivity index (χ1) is 16.2. The van der Waals surface area contributed by atoms with Gasteiger partial charge in [0.05, 0.1) is 5.39 Å².